The van der Waals surface area contributed by atoms with Gasteiger partial charge >= 0.3 is 6.03 Å². The van der Waals surface area contributed by atoms with E-state index in [1.165, 1.54) is 5.56 Å². The highest BCUT2D eigenvalue weighted by Gasteiger charge is 2.34. The number of likely N-dealkylation sites (tertiary alicyclic amines) is 2. The molecule has 150 valence electrons. The van der Waals surface area contributed by atoms with Crippen LogP contribution in [0.1, 0.15) is 37.6 Å². The number of carbonyl (C=O) groups excluding carboxylic acids is 1. The summed E-state index contributed by atoms with van der Waals surface area (Å²) in [4.78, 5) is 21.8. The molecule has 2 aromatic rings. The first-order valence-electron chi connectivity index (χ1n) is 10.4. The minimum atomic E-state index is 0.0963. The molecule has 0 spiro atoms. The molecule has 0 saturated carbocycles. The topological polar surface area (TPSA) is 53.4 Å². The highest BCUT2D eigenvalue weighted by Crippen LogP contribution is 2.23. The van der Waals surface area contributed by atoms with Crippen LogP contribution in [0.4, 0.5) is 4.79 Å². The van der Waals surface area contributed by atoms with Crippen molar-refractivity contribution < 1.29 is 4.79 Å². The first kappa shape index (κ1) is 19.0. The maximum atomic E-state index is 13.0. The summed E-state index contributed by atoms with van der Waals surface area (Å²) in [6, 6.07) is 11.6. The van der Waals surface area contributed by atoms with Gasteiger partial charge in [0, 0.05) is 50.7 Å². The Bertz CT molecular complexity index is 789. The number of aromatic nitrogens is 2. The molecule has 28 heavy (non-hydrogen) atoms. The van der Waals surface area contributed by atoms with E-state index in [9.17, 15) is 4.79 Å². The smallest absolute Gasteiger partial charge is 0.317 e. The molecule has 1 aromatic carbocycles. The second kappa shape index (κ2) is 8.35. The van der Waals surface area contributed by atoms with Gasteiger partial charge in [-0.2, -0.15) is 0 Å². The Balaban J connectivity index is 1.32. The van der Waals surface area contributed by atoms with Crippen molar-refractivity contribution >= 4 is 6.03 Å². The van der Waals surface area contributed by atoms with Gasteiger partial charge in [-0.1, -0.05) is 30.3 Å². The first-order valence-corrected chi connectivity index (χ1v) is 10.4. The van der Waals surface area contributed by atoms with Crippen LogP contribution in [-0.4, -0.2) is 56.6 Å². The molecule has 2 aliphatic heterocycles. The van der Waals surface area contributed by atoms with Crippen LogP contribution in [0.3, 0.4) is 0 Å². The minimum absolute atomic E-state index is 0.0963. The van der Waals surface area contributed by atoms with E-state index in [1.807, 2.05) is 24.2 Å². The Hall–Kier alpha value is -2.34. The first-order chi connectivity index (χ1) is 13.6. The molecule has 6 heteroatoms. The molecule has 2 fully saturated rings. The number of nitrogens with one attached hydrogen (secondary N) is 1. The number of nitrogens with zero attached hydrogens (tertiary/aromatic N) is 4. The Morgan fingerprint density at radius 3 is 2.86 bits per heavy atom. The Morgan fingerprint density at radius 1 is 1.29 bits per heavy atom. The number of hydrogen-bond donors (Lipinski definition) is 1. The number of carbonyl (C=O) groups is 1. The maximum Gasteiger partial charge on any atom is 0.317 e. The number of amides is 2. The van der Waals surface area contributed by atoms with Crippen LogP contribution >= 0.6 is 0 Å². The lowest BCUT2D eigenvalue weighted by molar-refractivity contribution is 0.182. The summed E-state index contributed by atoms with van der Waals surface area (Å²) in [6.07, 6.45) is 6.98. The van der Waals surface area contributed by atoms with Crippen LogP contribution in [0.25, 0.3) is 0 Å². The molecule has 2 amide bonds. The average Bonchev–Trinajstić information content (AvgIpc) is 3.39. The third-order valence-electron chi connectivity index (χ3n) is 6.23. The molecular weight excluding hydrogens is 350 g/mol. The third kappa shape index (κ3) is 4.22. The standard InChI is InChI=1S/C22H31N5O/c1-17-13-20(15-26(17)14-19-7-4-3-5-8-19)24-22(28)27-11-6-9-21(27)16-25-12-10-23-18(25)2/h3-5,7-8,10,12,17,20-21H,6,9,11,13-16H2,1-2H3,(H,24,28). The Labute approximate surface area is 167 Å². The maximum absolute atomic E-state index is 13.0. The number of hydrogen-bond acceptors (Lipinski definition) is 3. The van der Waals surface area contributed by atoms with Gasteiger partial charge in [0.15, 0.2) is 0 Å². The summed E-state index contributed by atoms with van der Waals surface area (Å²) < 4.78 is 2.15. The van der Waals surface area contributed by atoms with Crippen LogP contribution < -0.4 is 5.32 Å². The predicted molar refractivity (Wildman–Crippen MR) is 110 cm³/mol. The van der Waals surface area contributed by atoms with Crippen molar-refractivity contribution in [1.29, 1.82) is 0 Å². The lowest BCUT2D eigenvalue weighted by atomic mass is 10.2. The molecule has 3 unspecified atom stereocenters. The van der Waals surface area contributed by atoms with Crippen LogP contribution in [0.2, 0.25) is 0 Å². The van der Waals surface area contributed by atoms with Crippen molar-refractivity contribution in [2.75, 3.05) is 13.1 Å². The summed E-state index contributed by atoms with van der Waals surface area (Å²) in [6.45, 7) is 7.82. The lowest BCUT2D eigenvalue weighted by Gasteiger charge is -2.27. The van der Waals surface area contributed by atoms with Gasteiger partial charge in [0.2, 0.25) is 0 Å². The van der Waals surface area contributed by atoms with E-state index in [-0.39, 0.29) is 18.1 Å². The van der Waals surface area contributed by atoms with Crippen LogP contribution in [-0.2, 0) is 13.1 Å². The van der Waals surface area contributed by atoms with Crippen LogP contribution in [0, 0.1) is 6.92 Å². The predicted octanol–water partition coefficient (Wildman–Crippen LogP) is 3.03. The third-order valence-corrected chi connectivity index (χ3v) is 6.23. The molecule has 1 aromatic heterocycles. The molecule has 3 atom stereocenters. The summed E-state index contributed by atoms with van der Waals surface area (Å²) in [7, 11) is 0. The van der Waals surface area contributed by atoms with E-state index < -0.39 is 0 Å². The van der Waals surface area contributed by atoms with E-state index in [1.54, 1.807) is 0 Å². The fourth-order valence-corrected chi connectivity index (χ4v) is 4.62. The van der Waals surface area contributed by atoms with Gasteiger partial charge in [0.1, 0.15) is 5.82 Å². The fraction of sp³-hybridized carbons (Fsp3) is 0.545. The van der Waals surface area contributed by atoms with E-state index in [2.05, 4.69) is 57.0 Å². The van der Waals surface area contributed by atoms with Gasteiger partial charge in [0.05, 0.1) is 6.04 Å². The quantitative estimate of drug-likeness (QED) is 0.866. The largest absolute Gasteiger partial charge is 0.334 e. The summed E-state index contributed by atoms with van der Waals surface area (Å²) in [5, 5.41) is 3.31. The van der Waals surface area contributed by atoms with Gasteiger partial charge in [-0.15, -0.1) is 0 Å². The molecule has 2 saturated heterocycles. The van der Waals surface area contributed by atoms with Gasteiger partial charge in [-0.3, -0.25) is 4.90 Å². The van der Waals surface area contributed by atoms with Crippen molar-refractivity contribution in [3.05, 3.63) is 54.1 Å². The van der Waals surface area contributed by atoms with Crippen LogP contribution in [0.15, 0.2) is 42.7 Å². The minimum Gasteiger partial charge on any atom is -0.334 e. The molecule has 0 aliphatic carbocycles. The summed E-state index contributed by atoms with van der Waals surface area (Å²) in [5.41, 5.74) is 1.33. The zero-order valence-electron chi connectivity index (χ0n) is 16.9. The Kier molecular flexibility index (Phi) is 5.67. The van der Waals surface area contributed by atoms with E-state index in [0.29, 0.717) is 6.04 Å². The van der Waals surface area contributed by atoms with Gasteiger partial charge < -0.3 is 14.8 Å². The molecule has 6 nitrogen and oxygen atoms in total. The highest BCUT2D eigenvalue weighted by atomic mass is 16.2. The van der Waals surface area contributed by atoms with Gasteiger partial charge in [-0.25, -0.2) is 9.78 Å². The molecule has 4 rings (SSSR count). The molecule has 1 N–H and O–H groups in total. The lowest BCUT2D eigenvalue weighted by Crippen LogP contribution is -2.48. The molecule has 2 aliphatic rings. The summed E-state index contributed by atoms with van der Waals surface area (Å²) in [5.74, 6) is 1.01. The van der Waals surface area contributed by atoms with Gasteiger partial charge in [0.25, 0.3) is 0 Å². The van der Waals surface area contributed by atoms with Crippen molar-refractivity contribution in [3.8, 4) is 0 Å². The van der Waals surface area contributed by atoms with Gasteiger partial charge in [-0.05, 0) is 38.7 Å². The van der Waals surface area contributed by atoms with Crippen LogP contribution in [0.5, 0.6) is 0 Å². The second-order valence-electron chi connectivity index (χ2n) is 8.26. The van der Waals surface area contributed by atoms with E-state index in [4.69, 9.17) is 0 Å². The zero-order chi connectivity index (χ0) is 19.5. The number of aryl methyl sites for hydroxylation is 1. The highest BCUT2D eigenvalue weighted by molar-refractivity contribution is 5.75. The fourth-order valence-electron chi connectivity index (χ4n) is 4.62. The van der Waals surface area contributed by atoms with Crippen molar-refractivity contribution in [2.45, 2.75) is 64.3 Å². The number of imidazole rings is 1. The van der Waals surface area contributed by atoms with E-state index in [0.717, 1.165) is 51.3 Å². The molecule has 0 radical (unpaired) electrons. The number of rotatable bonds is 5. The molecule has 0 bridgehead atoms. The SMILES string of the molecule is Cc1nccn1CC1CCCN1C(=O)NC1CC(C)N(Cc2ccccc2)C1. The monoisotopic (exact) mass is 381 g/mol. The summed E-state index contributed by atoms with van der Waals surface area (Å²) >= 11 is 0. The number of urea groups is 1. The van der Waals surface area contributed by atoms with E-state index >= 15 is 0 Å². The molecule has 3 heterocycles. The zero-order valence-corrected chi connectivity index (χ0v) is 16.9. The second-order valence-corrected chi connectivity index (χ2v) is 8.26. The van der Waals surface area contributed by atoms with Crippen molar-refractivity contribution in [2.24, 2.45) is 0 Å². The van der Waals surface area contributed by atoms with Crippen molar-refractivity contribution in [1.82, 2.24) is 24.7 Å². The normalized spacial score (nSPS) is 25.4. The molecular formula is C22H31N5O. The Morgan fingerprint density at radius 2 is 2.11 bits per heavy atom. The average molecular weight is 382 g/mol. The van der Waals surface area contributed by atoms with Crippen molar-refractivity contribution in [3.63, 3.8) is 0 Å². The number of benzene rings is 1.